The molecule has 2 aromatic rings. The Balaban J connectivity index is 1.57. The lowest BCUT2D eigenvalue weighted by molar-refractivity contribution is 0.0303. The molecule has 2 aliphatic heterocycles. The second-order valence-electron chi connectivity index (χ2n) is 6.81. The molecule has 0 spiro atoms. The van der Waals surface area contributed by atoms with Gasteiger partial charge in [0.25, 0.3) is 11.8 Å². The van der Waals surface area contributed by atoms with Gasteiger partial charge in [0.15, 0.2) is 0 Å². The van der Waals surface area contributed by atoms with E-state index in [0.29, 0.717) is 62.7 Å². The lowest BCUT2D eigenvalue weighted by Crippen LogP contribution is -2.41. The van der Waals surface area contributed by atoms with Crippen molar-refractivity contribution in [1.29, 1.82) is 0 Å². The number of nitrogens with zero attached hydrogens (tertiary/aromatic N) is 5. The molecule has 0 saturated carbocycles. The quantitative estimate of drug-likeness (QED) is 0.805. The largest absolute Gasteiger partial charge is 0.383 e. The van der Waals surface area contributed by atoms with Gasteiger partial charge in [-0.2, -0.15) is 0 Å². The highest BCUT2D eigenvalue weighted by Crippen LogP contribution is 2.25. The molecule has 0 aliphatic carbocycles. The number of pyridine rings is 1. The first kappa shape index (κ1) is 18.8. The molecule has 9 nitrogen and oxygen atoms in total. The molecular weight excluding hydrogens is 380 g/mol. The van der Waals surface area contributed by atoms with Crippen molar-refractivity contribution in [2.45, 2.75) is 26.3 Å². The van der Waals surface area contributed by atoms with Crippen LogP contribution in [0.1, 0.15) is 43.9 Å². The van der Waals surface area contributed by atoms with Crippen LogP contribution < -0.4 is 5.73 Å². The molecule has 2 N–H and O–H groups in total. The van der Waals surface area contributed by atoms with E-state index < -0.39 is 0 Å². The van der Waals surface area contributed by atoms with Crippen molar-refractivity contribution in [3.05, 3.63) is 33.5 Å². The van der Waals surface area contributed by atoms with E-state index in [1.54, 1.807) is 15.9 Å². The zero-order valence-corrected chi connectivity index (χ0v) is 16.5. The number of fused-ring (bicyclic) bond motifs is 1. The molecule has 1 saturated heterocycles. The fourth-order valence-corrected chi connectivity index (χ4v) is 4.23. The molecular formula is C18H22N6O3S. The van der Waals surface area contributed by atoms with Crippen LogP contribution in [-0.4, -0.2) is 69.0 Å². The van der Waals surface area contributed by atoms with E-state index in [-0.39, 0.29) is 17.6 Å². The Hall–Kier alpha value is -2.59. The normalized spacial score (nSPS) is 16.8. The zero-order chi connectivity index (χ0) is 19.7. The Kier molecular flexibility index (Phi) is 5.23. The minimum Gasteiger partial charge on any atom is -0.383 e. The number of rotatable bonds is 3. The summed E-state index contributed by atoms with van der Waals surface area (Å²) in [5, 5.41) is 4.03. The number of aromatic nitrogens is 3. The first-order valence-corrected chi connectivity index (χ1v) is 10.1. The number of hydrogen-bond donors (Lipinski definition) is 1. The standard InChI is InChI=1S/C18H22N6O3S/c1-2-13-15(28-22-21-13)18(26)24-4-3-14-11(10-24)9-12(16(19)20-14)17(25)23-5-7-27-8-6-23/h9H,2-8,10H2,1H3,(H2,19,20). The van der Waals surface area contributed by atoms with E-state index in [1.807, 2.05) is 6.92 Å². The van der Waals surface area contributed by atoms with Gasteiger partial charge in [-0.1, -0.05) is 11.4 Å². The minimum atomic E-state index is -0.139. The van der Waals surface area contributed by atoms with E-state index in [4.69, 9.17) is 10.5 Å². The van der Waals surface area contributed by atoms with Crippen LogP contribution in [0.25, 0.3) is 0 Å². The summed E-state index contributed by atoms with van der Waals surface area (Å²) in [7, 11) is 0. The molecule has 4 rings (SSSR count). The molecule has 0 radical (unpaired) electrons. The average molecular weight is 402 g/mol. The first-order chi connectivity index (χ1) is 13.6. The van der Waals surface area contributed by atoms with Crippen LogP contribution in [0.15, 0.2) is 6.07 Å². The van der Waals surface area contributed by atoms with Crippen LogP contribution in [0.4, 0.5) is 5.82 Å². The maximum Gasteiger partial charge on any atom is 0.267 e. The predicted octanol–water partition coefficient (Wildman–Crippen LogP) is 0.749. The lowest BCUT2D eigenvalue weighted by Gasteiger charge is -2.30. The van der Waals surface area contributed by atoms with Crippen LogP contribution in [0.5, 0.6) is 0 Å². The molecule has 10 heteroatoms. The second kappa shape index (κ2) is 7.80. The van der Waals surface area contributed by atoms with E-state index in [0.717, 1.165) is 28.5 Å². The number of morpholine rings is 1. The number of carbonyl (C=O) groups is 2. The van der Waals surface area contributed by atoms with Crippen molar-refractivity contribution in [3.8, 4) is 0 Å². The van der Waals surface area contributed by atoms with Gasteiger partial charge in [0.2, 0.25) is 0 Å². The molecule has 0 unspecified atom stereocenters. The highest BCUT2D eigenvalue weighted by Gasteiger charge is 2.28. The number of nitrogens with two attached hydrogens (primary N) is 1. The van der Waals surface area contributed by atoms with Crippen LogP contribution in [-0.2, 0) is 24.1 Å². The Morgan fingerprint density at radius 1 is 1.21 bits per heavy atom. The third-order valence-corrected chi connectivity index (χ3v) is 5.86. The molecule has 28 heavy (non-hydrogen) atoms. The summed E-state index contributed by atoms with van der Waals surface area (Å²) in [6, 6.07) is 1.79. The van der Waals surface area contributed by atoms with Crippen LogP contribution in [0, 0.1) is 0 Å². The molecule has 148 valence electrons. The van der Waals surface area contributed by atoms with Crippen LogP contribution in [0.2, 0.25) is 0 Å². The molecule has 2 aromatic heterocycles. The fraction of sp³-hybridized carbons (Fsp3) is 0.500. The number of ether oxygens (including phenoxy) is 1. The van der Waals surface area contributed by atoms with Gasteiger partial charge in [-0.3, -0.25) is 9.59 Å². The van der Waals surface area contributed by atoms with Gasteiger partial charge in [0, 0.05) is 38.3 Å². The smallest absolute Gasteiger partial charge is 0.267 e. The molecule has 2 amide bonds. The fourth-order valence-electron chi connectivity index (χ4n) is 3.52. The molecule has 0 atom stereocenters. The van der Waals surface area contributed by atoms with Gasteiger partial charge >= 0.3 is 0 Å². The highest BCUT2D eigenvalue weighted by molar-refractivity contribution is 7.08. The lowest BCUT2D eigenvalue weighted by atomic mass is 10.0. The van der Waals surface area contributed by atoms with Gasteiger partial charge in [-0.15, -0.1) is 5.10 Å². The average Bonchev–Trinajstić information content (AvgIpc) is 3.21. The molecule has 4 heterocycles. The van der Waals surface area contributed by atoms with Crippen molar-refractivity contribution in [2.75, 3.05) is 38.6 Å². The monoisotopic (exact) mass is 402 g/mol. The van der Waals surface area contributed by atoms with E-state index in [2.05, 4.69) is 14.6 Å². The number of hydrogen-bond acceptors (Lipinski definition) is 8. The van der Waals surface area contributed by atoms with Gasteiger partial charge < -0.3 is 20.3 Å². The Labute approximate surface area is 166 Å². The van der Waals surface area contributed by atoms with Crippen molar-refractivity contribution in [2.24, 2.45) is 0 Å². The van der Waals surface area contributed by atoms with E-state index >= 15 is 0 Å². The maximum absolute atomic E-state index is 12.9. The highest BCUT2D eigenvalue weighted by atomic mass is 32.1. The van der Waals surface area contributed by atoms with Gasteiger partial charge in [-0.05, 0) is 29.6 Å². The third-order valence-electron chi connectivity index (χ3n) is 5.10. The van der Waals surface area contributed by atoms with E-state index in [1.165, 1.54) is 0 Å². The predicted molar refractivity (Wildman–Crippen MR) is 103 cm³/mol. The van der Waals surface area contributed by atoms with Crippen molar-refractivity contribution < 1.29 is 14.3 Å². The summed E-state index contributed by atoms with van der Waals surface area (Å²) in [5.74, 6) is 0.0322. The number of amides is 2. The second-order valence-corrected chi connectivity index (χ2v) is 7.56. The third kappa shape index (κ3) is 3.45. The Bertz CT molecular complexity index is 909. The summed E-state index contributed by atoms with van der Waals surface area (Å²) in [4.78, 5) is 34.3. The van der Waals surface area contributed by atoms with Crippen molar-refractivity contribution in [1.82, 2.24) is 24.4 Å². The number of aryl methyl sites for hydroxylation is 1. The van der Waals surface area contributed by atoms with Crippen molar-refractivity contribution >= 4 is 29.2 Å². The first-order valence-electron chi connectivity index (χ1n) is 9.34. The molecule has 0 bridgehead atoms. The van der Waals surface area contributed by atoms with Crippen molar-refractivity contribution in [3.63, 3.8) is 0 Å². The van der Waals surface area contributed by atoms with Crippen LogP contribution >= 0.6 is 11.5 Å². The molecule has 1 fully saturated rings. The summed E-state index contributed by atoms with van der Waals surface area (Å²) in [5.41, 5.74) is 8.90. The summed E-state index contributed by atoms with van der Waals surface area (Å²) in [6.45, 7) is 5.03. The summed E-state index contributed by atoms with van der Waals surface area (Å²) < 4.78 is 9.22. The topological polar surface area (TPSA) is 115 Å². The Morgan fingerprint density at radius 3 is 2.75 bits per heavy atom. The zero-order valence-electron chi connectivity index (χ0n) is 15.7. The summed E-state index contributed by atoms with van der Waals surface area (Å²) in [6.07, 6.45) is 1.27. The SMILES string of the molecule is CCc1nnsc1C(=O)N1CCc2nc(N)c(C(=O)N3CCOCC3)cc2C1. The van der Waals surface area contributed by atoms with Gasteiger partial charge in [0.05, 0.1) is 24.5 Å². The Morgan fingerprint density at radius 2 is 2.00 bits per heavy atom. The number of carbonyl (C=O) groups excluding carboxylic acids is 2. The minimum absolute atomic E-state index is 0.0737. The van der Waals surface area contributed by atoms with Crippen LogP contribution in [0.3, 0.4) is 0 Å². The van der Waals surface area contributed by atoms with E-state index in [9.17, 15) is 9.59 Å². The number of anilines is 1. The molecule has 0 aromatic carbocycles. The van der Waals surface area contributed by atoms with Gasteiger partial charge in [-0.25, -0.2) is 4.98 Å². The summed E-state index contributed by atoms with van der Waals surface area (Å²) >= 11 is 1.13. The number of nitrogen functional groups attached to an aromatic ring is 1. The molecule has 2 aliphatic rings. The maximum atomic E-state index is 12.9. The van der Waals surface area contributed by atoms with Gasteiger partial charge in [0.1, 0.15) is 10.7 Å².